The normalized spacial score (nSPS) is 13.7. The molecule has 2 aromatic rings. The van der Waals surface area contributed by atoms with E-state index >= 15 is 0 Å². The zero-order valence-corrected chi connectivity index (χ0v) is 17.2. The highest BCUT2D eigenvalue weighted by atomic mass is 19.3. The van der Waals surface area contributed by atoms with Crippen molar-refractivity contribution in [1.29, 1.82) is 0 Å². The van der Waals surface area contributed by atoms with Crippen LogP contribution in [0, 0.1) is 0 Å². The summed E-state index contributed by atoms with van der Waals surface area (Å²) in [5.74, 6) is 0.0776. The molecule has 2 aromatic carbocycles. The maximum absolute atomic E-state index is 12.4. The second kappa shape index (κ2) is 10.2. The van der Waals surface area contributed by atoms with Crippen LogP contribution in [-0.2, 0) is 11.3 Å². The minimum Gasteiger partial charge on any atom is -0.493 e. The van der Waals surface area contributed by atoms with Crippen LogP contribution in [-0.4, -0.2) is 51.2 Å². The smallest absolute Gasteiger partial charge is 0.387 e. The summed E-state index contributed by atoms with van der Waals surface area (Å²) >= 11 is 0. The van der Waals surface area contributed by atoms with Gasteiger partial charge in [0.15, 0.2) is 11.5 Å². The Labute approximate surface area is 175 Å². The number of hydrogen-bond donors (Lipinski definition) is 1. The predicted octanol–water partition coefficient (Wildman–Crippen LogP) is 3.97. The Bertz CT molecular complexity index is 840. The fourth-order valence-electron chi connectivity index (χ4n) is 3.55. The first-order chi connectivity index (χ1) is 14.4. The summed E-state index contributed by atoms with van der Waals surface area (Å²) in [6, 6.07) is 12.6. The lowest BCUT2D eigenvalue weighted by Gasteiger charge is -2.19. The molecular formula is C22H27F2N3O3. The monoisotopic (exact) mass is 419 g/mol. The lowest BCUT2D eigenvalue weighted by atomic mass is 10.2. The number of amides is 1. The predicted molar refractivity (Wildman–Crippen MR) is 112 cm³/mol. The average Bonchev–Trinajstić information content (AvgIpc) is 3.24. The number of benzene rings is 2. The van der Waals surface area contributed by atoms with Gasteiger partial charge in [-0.3, -0.25) is 9.69 Å². The molecule has 0 spiro atoms. The number of nitrogens with zero attached hydrogens (tertiary/aromatic N) is 2. The third kappa shape index (κ3) is 6.06. The summed E-state index contributed by atoms with van der Waals surface area (Å²) in [5.41, 5.74) is 2.75. The molecule has 1 fully saturated rings. The molecule has 6 nitrogen and oxygen atoms in total. The summed E-state index contributed by atoms with van der Waals surface area (Å²) in [5, 5.41) is 2.90. The van der Waals surface area contributed by atoms with E-state index in [0.29, 0.717) is 6.54 Å². The number of methoxy groups -OCH3 is 1. The quantitative estimate of drug-likeness (QED) is 0.667. The molecule has 8 heteroatoms. The van der Waals surface area contributed by atoms with Crippen LogP contribution in [0.3, 0.4) is 0 Å². The van der Waals surface area contributed by atoms with Crippen molar-refractivity contribution in [2.45, 2.75) is 26.0 Å². The van der Waals surface area contributed by atoms with Gasteiger partial charge in [-0.1, -0.05) is 6.07 Å². The molecule has 30 heavy (non-hydrogen) atoms. The number of anilines is 2. The van der Waals surface area contributed by atoms with E-state index < -0.39 is 6.61 Å². The molecule has 0 unspecified atom stereocenters. The maximum atomic E-state index is 12.4. The van der Waals surface area contributed by atoms with Gasteiger partial charge in [-0.15, -0.1) is 0 Å². The van der Waals surface area contributed by atoms with E-state index in [-0.39, 0.29) is 24.0 Å². The largest absolute Gasteiger partial charge is 0.493 e. The number of likely N-dealkylation sites (N-methyl/N-ethyl adjacent to an activating group) is 1. The van der Waals surface area contributed by atoms with Crippen molar-refractivity contribution < 1.29 is 23.0 Å². The molecule has 1 saturated heterocycles. The van der Waals surface area contributed by atoms with Gasteiger partial charge in [0.05, 0.1) is 13.7 Å². The van der Waals surface area contributed by atoms with Gasteiger partial charge in [-0.2, -0.15) is 8.78 Å². The molecule has 1 aliphatic heterocycles. The number of hydrogen-bond acceptors (Lipinski definition) is 5. The molecule has 0 atom stereocenters. The molecule has 0 aromatic heterocycles. The second-order valence-electron chi connectivity index (χ2n) is 7.33. The van der Waals surface area contributed by atoms with Gasteiger partial charge in [0.25, 0.3) is 0 Å². The van der Waals surface area contributed by atoms with E-state index in [1.54, 1.807) is 12.1 Å². The van der Waals surface area contributed by atoms with Gasteiger partial charge in [-0.25, -0.2) is 0 Å². The van der Waals surface area contributed by atoms with Crippen molar-refractivity contribution in [3.8, 4) is 11.5 Å². The number of alkyl halides is 2. The summed E-state index contributed by atoms with van der Waals surface area (Å²) in [6.07, 6.45) is 2.44. The topological polar surface area (TPSA) is 54.0 Å². The first-order valence-electron chi connectivity index (χ1n) is 9.89. The van der Waals surface area contributed by atoms with Gasteiger partial charge in [-0.05, 0) is 61.9 Å². The van der Waals surface area contributed by atoms with Gasteiger partial charge < -0.3 is 19.7 Å². The van der Waals surface area contributed by atoms with E-state index in [0.717, 1.165) is 24.3 Å². The van der Waals surface area contributed by atoms with Crippen LogP contribution in [0.1, 0.15) is 18.4 Å². The molecule has 0 radical (unpaired) electrons. The van der Waals surface area contributed by atoms with Crippen molar-refractivity contribution in [3.05, 3.63) is 48.0 Å². The van der Waals surface area contributed by atoms with Gasteiger partial charge >= 0.3 is 6.61 Å². The molecule has 1 heterocycles. The Morgan fingerprint density at radius 3 is 2.47 bits per heavy atom. The van der Waals surface area contributed by atoms with Gasteiger partial charge in [0.2, 0.25) is 5.91 Å². The maximum Gasteiger partial charge on any atom is 0.387 e. The van der Waals surface area contributed by atoms with E-state index in [1.807, 2.05) is 36.2 Å². The molecular weight excluding hydrogens is 392 g/mol. The number of carbonyl (C=O) groups is 1. The highest BCUT2D eigenvalue weighted by Crippen LogP contribution is 2.29. The van der Waals surface area contributed by atoms with Crippen molar-refractivity contribution >= 4 is 17.3 Å². The lowest BCUT2D eigenvalue weighted by Crippen LogP contribution is -2.29. The zero-order valence-electron chi connectivity index (χ0n) is 17.2. The van der Waals surface area contributed by atoms with Gasteiger partial charge in [0.1, 0.15) is 0 Å². The molecule has 0 bridgehead atoms. The SMILES string of the molecule is COc1cc(CN(C)CC(=O)Nc2ccc(N3CCCC3)cc2)ccc1OC(F)F. The number of rotatable bonds is 9. The standard InChI is InChI=1S/C22H27F2N3O3/c1-26(14-16-5-10-19(30-22(23)24)20(13-16)29-2)15-21(28)25-17-6-8-18(9-7-17)27-11-3-4-12-27/h5-10,13,22H,3-4,11-12,14-15H2,1-2H3,(H,25,28). The Balaban J connectivity index is 1.51. The van der Waals surface area contributed by atoms with Crippen LogP contribution in [0.5, 0.6) is 11.5 Å². The highest BCUT2D eigenvalue weighted by Gasteiger charge is 2.14. The zero-order chi connectivity index (χ0) is 21.5. The molecule has 162 valence electrons. The van der Waals surface area contributed by atoms with Crippen LogP contribution >= 0.6 is 0 Å². The molecule has 0 saturated carbocycles. The summed E-state index contributed by atoms with van der Waals surface area (Å²) in [6.45, 7) is -0.119. The molecule has 1 N–H and O–H groups in total. The van der Waals surface area contributed by atoms with E-state index in [4.69, 9.17) is 4.74 Å². The van der Waals surface area contributed by atoms with Crippen molar-refractivity contribution in [1.82, 2.24) is 4.90 Å². The first-order valence-corrected chi connectivity index (χ1v) is 9.89. The first kappa shape index (κ1) is 21.8. The Kier molecular flexibility index (Phi) is 7.46. The fraction of sp³-hybridized carbons (Fsp3) is 0.409. The Hall–Kier alpha value is -2.87. The number of halogens is 2. The van der Waals surface area contributed by atoms with Crippen LogP contribution < -0.4 is 19.7 Å². The van der Waals surface area contributed by atoms with E-state index in [9.17, 15) is 13.6 Å². The van der Waals surface area contributed by atoms with Crippen LogP contribution in [0.2, 0.25) is 0 Å². The molecule has 3 rings (SSSR count). The molecule has 0 aliphatic carbocycles. The van der Waals surface area contributed by atoms with Crippen molar-refractivity contribution in [3.63, 3.8) is 0 Å². The average molecular weight is 419 g/mol. The van der Waals surface area contributed by atoms with Crippen LogP contribution in [0.15, 0.2) is 42.5 Å². The minimum absolute atomic E-state index is 0.0194. The summed E-state index contributed by atoms with van der Waals surface area (Å²) in [4.78, 5) is 16.5. The summed E-state index contributed by atoms with van der Waals surface area (Å²) < 4.78 is 34.4. The number of carbonyl (C=O) groups excluding carboxylic acids is 1. The van der Waals surface area contributed by atoms with E-state index in [2.05, 4.69) is 15.0 Å². The Morgan fingerprint density at radius 1 is 1.13 bits per heavy atom. The highest BCUT2D eigenvalue weighted by molar-refractivity contribution is 5.92. The Morgan fingerprint density at radius 2 is 1.83 bits per heavy atom. The molecule has 1 aliphatic rings. The second-order valence-corrected chi connectivity index (χ2v) is 7.33. The van der Waals surface area contributed by atoms with Crippen molar-refractivity contribution in [2.75, 3.05) is 44.0 Å². The minimum atomic E-state index is -2.92. The third-order valence-corrected chi connectivity index (χ3v) is 4.93. The lowest BCUT2D eigenvalue weighted by molar-refractivity contribution is -0.117. The number of nitrogens with one attached hydrogen (secondary N) is 1. The third-order valence-electron chi connectivity index (χ3n) is 4.93. The fourth-order valence-corrected chi connectivity index (χ4v) is 3.55. The molecule has 1 amide bonds. The van der Waals surface area contributed by atoms with Crippen molar-refractivity contribution in [2.24, 2.45) is 0 Å². The van der Waals surface area contributed by atoms with Gasteiger partial charge in [0, 0.05) is 31.0 Å². The van der Waals surface area contributed by atoms with Crippen LogP contribution in [0.4, 0.5) is 20.2 Å². The van der Waals surface area contributed by atoms with Crippen LogP contribution in [0.25, 0.3) is 0 Å². The number of ether oxygens (including phenoxy) is 2. The van der Waals surface area contributed by atoms with E-state index in [1.165, 1.54) is 31.7 Å². The summed E-state index contributed by atoms with van der Waals surface area (Å²) in [7, 11) is 3.20.